The van der Waals surface area contributed by atoms with Gasteiger partial charge in [-0.2, -0.15) is 0 Å². The van der Waals surface area contributed by atoms with Gasteiger partial charge >= 0.3 is 20.4 Å². The van der Waals surface area contributed by atoms with E-state index in [0.717, 1.165) is 76.8 Å². The van der Waals surface area contributed by atoms with Gasteiger partial charge in [-0.25, -0.2) is 4.98 Å². The zero-order valence-electron chi connectivity index (χ0n) is 24.8. The predicted octanol–water partition coefficient (Wildman–Crippen LogP) is 9.30. The smallest absolute Gasteiger partial charge is 0.497 e. The van der Waals surface area contributed by atoms with E-state index in [1.165, 1.54) is 11.1 Å². The number of rotatable bonds is 2. The van der Waals surface area contributed by atoms with Gasteiger partial charge in [0.05, 0.1) is 33.4 Å². The molecule has 0 bridgehead atoms. The Hall–Kier alpha value is -5.35. The van der Waals surface area contributed by atoms with Gasteiger partial charge in [0.25, 0.3) is 0 Å². The van der Waals surface area contributed by atoms with Gasteiger partial charge in [0.15, 0.2) is 0 Å². The molecule has 0 amide bonds. The first kappa shape index (κ1) is 27.0. The number of aryl methyl sites for hydroxylation is 2. The van der Waals surface area contributed by atoms with Crippen LogP contribution in [-0.4, -0.2) is 23.8 Å². The molecular formula is C39H23N5OPd. The van der Waals surface area contributed by atoms with E-state index in [1.54, 1.807) is 0 Å². The third-order valence-electron chi connectivity index (χ3n) is 9.06. The molecule has 0 spiro atoms. The van der Waals surface area contributed by atoms with Crippen LogP contribution in [0.3, 0.4) is 0 Å². The van der Waals surface area contributed by atoms with E-state index in [2.05, 4.69) is 89.4 Å². The van der Waals surface area contributed by atoms with Crippen LogP contribution in [0.1, 0.15) is 11.1 Å². The summed E-state index contributed by atoms with van der Waals surface area (Å²) in [5, 5.41) is 6.12. The van der Waals surface area contributed by atoms with Gasteiger partial charge in [0.1, 0.15) is 5.65 Å². The number of ether oxygens (including phenoxy) is 1. The molecular weight excluding hydrogens is 661 g/mol. The molecule has 0 N–H and O–H groups in total. The van der Waals surface area contributed by atoms with Gasteiger partial charge in [-0.1, -0.05) is 82.2 Å². The van der Waals surface area contributed by atoms with Crippen molar-refractivity contribution in [1.82, 2.24) is 23.8 Å². The Morgan fingerprint density at radius 2 is 1.13 bits per heavy atom. The average molecular weight is 684 g/mol. The molecule has 6 nitrogen and oxygen atoms in total. The molecule has 0 fully saturated rings. The van der Waals surface area contributed by atoms with Gasteiger partial charge in [-0.05, 0) is 72.1 Å². The molecule has 5 aromatic heterocycles. The molecule has 0 atom stereocenters. The van der Waals surface area contributed by atoms with Crippen molar-refractivity contribution in [3.8, 4) is 11.5 Å². The maximum absolute atomic E-state index is 6.51. The van der Waals surface area contributed by atoms with Crippen molar-refractivity contribution in [1.29, 1.82) is 0 Å². The minimum Gasteiger partial charge on any atom is -0.497 e. The van der Waals surface area contributed by atoms with Crippen molar-refractivity contribution >= 4 is 76.8 Å². The topological polar surface area (TPSA) is 56.7 Å². The SMILES string of the molecule is Cc1cc2c3ccc(Oc4[c-]c5c(cc4)c4cccnc4n4c6ccccc6nc54)[c-]c3c3nc4ccccc4n3c2cc1C.[Pd+2]. The number of para-hydroxylation sites is 4. The molecule has 5 aromatic carbocycles. The standard InChI is InChI=1S/C39H23N5O.Pd/c1-22-18-29-27-16-14-25(21-31(27)38-41-32-9-3-5-11-34(32)43(38)36(29)19-23(22)2)45-24-13-15-26-28-8-7-17-40-37(28)44-35-12-6-4-10-33(35)42-39(44)30(26)20-24;/h3-19H,1-2H3;/q-2;+2. The fourth-order valence-corrected chi connectivity index (χ4v) is 6.82. The molecule has 0 aliphatic heterocycles. The summed E-state index contributed by atoms with van der Waals surface area (Å²) < 4.78 is 10.9. The normalized spacial score (nSPS) is 12.0. The Morgan fingerprint density at radius 3 is 1.83 bits per heavy atom. The largest absolute Gasteiger partial charge is 2.00 e. The van der Waals surface area contributed by atoms with Crippen molar-refractivity contribution in [2.75, 3.05) is 0 Å². The Bertz CT molecular complexity index is 2890. The van der Waals surface area contributed by atoms with Crippen molar-refractivity contribution in [2.24, 2.45) is 0 Å². The monoisotopic (exact) mass is 683 g/mol. The van der Waals surface area contributed by atoms with E-state index in [4.69, 9.17) is 19.7 Å². The van der Waals surface area contributed by atoms with Crippen LogP contribution in [0.25, 0.3) is 76.8 Å². The fourth-order valence-electron chi connectivity index (χ4n) is 6.82. The summed E-state index contributed by atoms with van der Waals surface area (Å²) in [4.78, 5) is 14.8. The quantitative estimate of drug-likeness (QED) is 0.104. The van der Waals surface area contributed by atoms with Crippen LogP contribution in [0.4, 0.5) is 0 Å². The van der Waals surface area contributed by atoms with Gasteiger partial charge in [0, 0.05) is 23.2 Å². The van der Waals surface area contributed by atoms with Crippen molar-refractivity contribution in [3.63, 3.8) is 0 Å². The second-order valence-corrected chi connectivity index (χ2v) is 11.7. The minimum absolute atomic E-state index is 0. The first-order chi connectivity index (χ1) is 22.1. The second-order valence-electron chi connectivity index (χ2n) is 11.7. The van der Waals surface area contributed by atoms with E-state index in [-0.39, 0.29) is 20.4 Å². The van der Waals surface area contributed by atoms with Crippen LogP contribution in [-0.2, 0) is 20.4 Å². The molecule has 220 valence electrons. The van der Waals surface area contributed by atoms with Crippen LogP contribution in [0.15, 0.2) is 103 Å². The first-order valence-corrected chi connectivity index (χ1v) is 15.0. The molecule has 0 radical (unpaired) electrons. The summed E-state index contributed by atoms with van der Waals surface area (Å²) in [5.41, 5.74) is 10.1. The summed E-state index contributed by atoms with van der Waals surface area (Å²) in [6.07, 6.45) is 1.82. The number of nitrogens with zero attached hydrogens (tertiary/aromatic N) is 5. The number of hydrogen-bond acceptors (Lipinski definition) is 4. The summed E-state index contributed by atoms with van der Waals surface area (Å²) in [7, 11) is 0. The number of pyridine rings is 3. The Morgan fingerprint density at radius 1 is 0.543 bits per heavy atom. The summed E-state index contributed by atoms with van der Waals surface area (Å²) in [6, 6.07) is 40.3. The summed E-state index contributed by atoms with van der Waals surface area (Å²) in [6.45, 7) is 4.32. The fraction of sp³-hybridized carbons (Fsp3) is 0.0513. The zero-order chi connectivity index (χ0) is 29.8. The van der Waals surface area contributed by atoms with Crippen LogP contribution in [0.5, 0.6) is 11.5 Å². The maximum atomic E-state index is 6.51. The minimum atomic E-state index is 0. The van der Waals surface area contributed by atoms with Crippen molar-refractivity contribution in [3.05, 3.63) is 127 Å². The van der Waals surface area contributed by atoms with Crippen LogP contribution in [0.2, 0.25) is 0 Å². The van der Waals surface area contributed by atoms with Crippen molar-refractivity contribution in [2.45, 2.75) is 13.8 Å². The molecule has 46 heavy (non-hydrogen) atoms. The molecule has 0 saturated heterocycles. The zero-order valence-corrected chi connectivity index (χ0v) is 26.3. The second kappa shape index (κ2) is 9.82. The predicted molar refractivity (Wildman–Crippen MR) is 180 cm³/mol. The molecule has 10 rings (SSSR count). The molecule has 10 aromatic rings. The number of aromatic nitrogens is 5. The number of fused-ring (bicyclic) bond motifs is 16. The summed E-state index contributed by atoms with van der Waals surface area (Å²) in [5.74, 6) is 1.19. The Balaban J connectivity index is 0.00000292. The van der Waals surface area contributed by atoms with Gasteiger partial charge < -0.3 is 13.5 Å². The maximum Gasteiger partial charge on any atom is 2.00 e. The third-order valence-corrected chi connectivity index (χ3v) is 9.06. The molecule has 0 unspecified atom stereocenters. The average Bonchev–Trinajstić information content (AvgIpc) is 3.66. The van der Waals surface area contributed by atoms with Crippen molar-refractivity contribution < 1.29 is 25.2 Å². The Labute approximate surface area is 276 Å². The van der Waals surface area contributed by atoms with Gasteiger partial charge in [0.2, 0.25) is 0 Å². The van der Waals surface area contributed by atoms with Crippen LogP contribution >= 0.6 is 0 Å². The van der Waals surface area contributed by atoms with Crippen LogP contribution in [0, 0.1) is 26.0 Å². The third kappa shape index (κ3) is 3.70. The van der Waals surface area contributed by atoms with Gasteiger partial charge in [-0.3, -0.25) is 9.97 Å². The Kier molecular flexibility index (Phi) is 5.77. The van der Waals surface area contributed by atoms with E-state index in [9.17, 15) is 0 Å². The van der Waals surface area contributed by atoms with E-state index < -0.39 is 0 Å². The van der Waals surface area contributed by atoms with Gasteiger partial charge in [-0.15, -0.1) is 12.1 Å². The molecule has 5 heterocycles. The molecule has 0 aliphatic rings. The number of benzene rings is 5. The molecule has 0 saturated carbocycles. The molecule has 0 aliphatic carbocycles. The molecule has 7 heteroatoms. The first-order valence-electron chi connectivity index (χ1n) is 15.0. The number of imidazole rings is 2. The summed E-state index contributed by atoms with van der Waals surface area (Å²) >= 11 is 0. The number of hydrogen-bond donors (Lipinski definition) is 0. The van der Waals surface area contributed by atoms with E-state index in [1.807, 2.05) is 48.7 Å². The van der Waals surface area contributed by atoms with E-state index >= 15 is 0 Å². The van der Waals surface area contributed by atoms with E-state index in [0.29, 0.717) is 11.5 Å². The van der Waals surface area contributed by atoms with Crippen LogP contribution < -0.4 is 4.74 Å².